The summed E-state index contributed by atoms with van der Waals surface area (Å²) in [4.78, 5) is 11.3. The van der Waals surface area contributed by atoms with E-state index in [0.717, 1.165) is 5.56 Å². The van der Waals surface area contributed by atoms with Crippen molar-refractivity contribution in [3.8, 4) is 5.75 Å². The predicted octanol–water partition coefficient (Wildman–Crippen LogP) is 5.61. The Morgan fingerprint density at radius 1 is 0.923 bits per heavy atom. The van der Waals surface area contributed by atoms with E-state index in [1.807, 2.05) is 30.3 Å². The molecule has 2 atom stereocenters. The first-order valence-corrected chi connectivity index (χ1v) is 9.47. The molecule has 9 heteroatoms. The van der Waals surface area contributed by atoms with Gasteiger partial charge in [0, 0.05) is 0 Å². The molecule has 0 spiro atoms. The summed E-state index contributed by atoms with van der Waals surface area (Å²) in [7, 11) is 0. The molecule has 26 heavy (non-hydrogen) atoms. The predicted molar refractivity (Wildman–Crippen MR) is 107 cm³/mol. The van der Waals surface area contributed by atoms with Crippen LogP contribution in [0.15, 0.2) is 60.7 Å². The van der Waals surface area contributed by atoms with Crippen molar-refractivity contribution in [2.24, 2.45) is 0 Å². The van der Waals surface area contributed by atoms with Gasteiger partial charge in [-0.15, -0.1) is 23.2 Å². The van der Waals surface area contributed by atoms with Crippen LogP contribution in [-0.2, 0) is 0 Å². The number of halogens is 5. The lowest BCUT2D eigenvalue weighted by Gasteiger charge is -2.31. The van der Waals surface area contributed by atoms with Gasteiger partial charge in [-0.2, -0.15) is 0 Å². The third-order valence-corrected chi connectivity index (χ3v) is 4.46. The molecule has 0 bridgehead atoms. The maximum atomic E-state index is 12.1. The van der Waals surface area contributed by atoms with Crippen LogP contribution in [-0.4, -0.2) is 20.9 Å². The van der Waals surface area contributed by atoms with Crippen molar-refractivity contribution >= 4 is 64.1 Å². The summed E-state index contributed by atoms with van der Waals surface area (Å²) in [5, 5.41) is 5.43. The van der Waals surface area contributed by atoms with Gasteiger partial charge in [0.05, 0.1) is 6.04 Å². The normalized spacial score (nSPS) is 13.9. The second kappa shape index (κ2) is 9.88. The SMILES string of the molecule is O=C(NC(NC(c1ccccc1)C(Cl)Cl)C(Cl)(Cl)Cl)Oc1ccccc1. The molecule has 2 N–H and O–H groups in total. The summed E-state index contributed by atoms with van der Waals surface area (Å²) in [6, 6.07) is 17.0. The monoisotopic (exact) mass is 454 g/mol. The molecule has 0 aromatic heterocycles. The Morgan fingerprint density at radius 2 is 1.46 bits per heavy atom. The molecule has 2 unspecified atom stereocenters. The first-order valence-electron chi connectivity index (χ1n) is 7.46. The number of nitrogens with one attached hydrogen (secondary N) is 2. The van der Waals surface area contributed by atoms with Crippen molar-refractivity contribution < 1.29 is 9.53 Å². The molecule has 0 saturated heterocycles. The topological polar surface area (TPSA) is 50.4 Å². The lowest BCUT2D eigenvalue weighted by Crippen LogP contribution is -2.55. The van der Waals surface area contributed by atoms with E-state index in [2.05, 4.69) is 10.6 Å². The quantitative estimate of drug-likeness (QED) is 0.439. The highest BCUT2D eigenvalue weighted by atomic mass is 35.6. The number of hydrogen-bond donors (Lipinski definition) is 2. The molecule has 0 heterocycles. The Kier molecular flexibility index (Phi) is 8.14. The average molecular weight is 457 g/mol. The van der Waals surface area contributed by atoms with E-state index in [9.17, 15) is 4.79 Å². The van der Waals surface area contributed by atoms with Gasteiger partial charge in [-0.25, -0.2) is 4.79 Å². The molecule has 0 radical (unpaired) electrons. The summed E-state index contributed by atoms with van der Waals surface area (Å²) in [6.07, 6.45) is -1.92. The highest BCUT2D eigenvalue weighted by Crippen LogP contribution is 2.33. The van der Waals surface area contributed by atoms with Crippen LogP contribution in [0.3, 0.4) is 0 Å². The number of carbonyl (C=O) groups is 1. The Bertz CT molecular complexity index is 695. The van der Waals surface area contributed by atoms with Crippen LogP contribution < -0.4 is 15.4 Å². The van der Waals surface area contributed by atoms with Gasteiger partial charge >= 0.3 is 6.09 Å². The van der Waals surface area contributed by atoms with E-state index in [-0.39, 0.29) is 0 Å². The number of amides is 1. The first kappa shape index (κ1) is 21.4. The minimum absolute atomic E-state index is 0.347. The van der Waals surface area contributed by atoms with E-state index < -0.39 is 26.9 Å². The van der Waals surface area contributed by atoms with Crippen molar-refractivity contribution in [2.45, 2.75) is 20.8 Å². The van der Waals surface area contributed by atoms with Gasteiger partial charge in [0.1, 0.15) is 16.8 Å². The van der Waals surface area contributed by atoms with Crippen molar-refractivity contribution in [3.63, 3.8) is 0 Å². The third kappa shape index (κ3) is 6.69. The zero-order valence-corrected chi connectivity index (χ0v) is 17.0. The lowest BCUT2D eigenvalue weighted by atomic mass is 10.1. The van der Waals surface area contributed by atoms with E-state index in [4.69, 9.17) is 62.7 Å². The molecule has 0 aliphatic carbocycles. The van der Waals surface area contributed by atoms with Crippen molar-refractivity contribution in [1.82, 2.24) is 10.6 Å². The molecule has 2 aromatic carbocycles. The molecule has 0 fully saturated rings. The highest BCUT2D eigenvalue weighted by Gasteiger charge is 2.37. The van der Waals surface area contributed by atoms with Gasteiger partial charge in [-0.1, -0.05) is 83.3 Å². The Hall–Kier alpha value is -0.880. The van der Waals surface area contributed by atoms with Gasteiger partial charge in [-0.3, -0.25) is 5.32 Å². The smallest absolute Gasteiger partial charge is 0.410 e. The molecule has 1 amide bonds. The Labute approximate surface area is 176 Å². The van der Waals surface area contributed by atoms with Crippen molar-refractivity contribution in [1.29, 1.82) is 0 Å². The fraction of sp³-hybridized carbons (Fsp3) is 0.235. The van der Waals surface area contributed by atoms with Crippen molar-refractivity contribution in [3.05, 3.63) is 66.2 Å². The molecule has 0 saturated carbocycles. The molecule has 0 aliphatic rings. The average Bonchev–Trinajstić information content (AvgIpc) is 2.59. The molecule has 2 aromatic rings. The number of rotatable bonds is 6. The summed E-state index contributed by atoms with van der Waals surface area (Å²) in [6.45, 7) is 0. The van der Waals surface area contributed by atoms with E-state index in [1.54, 1.807) is 30.3 Å². The molecule has 0 aliphatic heterocycles. The largest absolute Gasteiger partial charge is 0.413 e. The fourth-order valence-electron chi connectivity index (χ4n) is 2.12. The van der Waals surface area contributed by atoms with Crippen molar-refractivity contribution in [2.75, 3.05) is 0 Å². The zero-order valence-electron chi connectivity index (χ0n) is 13.2. The van der Waals surface area contributed by atoms with Crippen LogP contribution in [0, 0.1) is 0 Å². The second-order valence-corrected chi connectivity index (χ2v) is 8.74. The Morgan fingerprint density at radius 3 is 1.96 bits per heavy atom. The van der Waals surface area contributed by atoms with Gasteiger partial charge < -0.3 is 10.1 Å². The minimum atomic E-state index is -1.88. The van der Waals surface area contributed by atoms with Gasteiger partial charge in [-0.05, 0) is 17.7 Å². The van der Waals surface area contributed by atoms with E-state index >= 15 is 0 Å². The second-order valence-electron chi connectivity index (χ2n) is 5.21. The molecular formula is C17H15Cl5N2O2. The number of benzene rings is 2. The number of ether oxygens (including phenoxy) is 1. The van der Waals surface area contributed by atoms with Crippen LogP contribution in [0.25, 0.3) is 0 Å². The summed E-state index contributed by atoms with van der Waals surface area (Å²) in [5.41, 5.74) is 0.764. The molecule has 140 valence electrons. The fourth-order valence-corrected chi connectivity index (χ4v) is 2.90. The standard InChI is InChI=1S/C17H15Cl5N2O2/c18-14(19)13(11-7-3-1-4-8-11)23-15(17(20,21)22)24-16(25)26-12-9-5-2-6-10-12/h1-10,13-15,23H,(H,24,25). The molecular weight excluding hydrogens is 441 g/mol. The Balaban J connectivity index is 2.12. The minimum Gasteiger partial charge on any atom is -0.410 e. The maximum Gasteiger partial charge on any atom is 0.413 e. The maximum absolute atomic E-state index is 12.1. The van der Waals surface area contributed by atoms with Crippen LogP contribution in [0.5, 0.6) is 5.75 Å². The number of carbonyl (C=O) groups excluding carboxylic acids is 1. The summed E-state index contributed by atoms with van der Waals surface area (Å²) >= 11 is 30.1. The molecule has 2 rings (SSSR count). The highest BCUT2D eigenvalue weighted by molar-refractivity contribution is 6.68. The summed E-state index contributed by atoms with van der Waals surface area (Å²) < 4.78 is 3.27. The number of alkyl halides is 5. The van der Waals surface area contributed by atoms with Crippen LogP contribution in [0.1, 0.15) is 11.6 Å². The van der Waals surface area contributed by atoms with Crippen LogP contribution >= 0.6 is 58.0 Å². The van der Waals surface area contributed by atoms with E-state index in [1.165, 1.54) is 0 Å². The van der Waals surface area contributed by atoms with Gasteiger partial charge in [0.2, 0.25) is 3.79 Å². The summed E-state index contributed by atoms with van der Waals surface area (Å²) in [5.74, 6) is 0.347. The third-order valence-electron chi connectivity index (χ3n) is 3.30. The van der Waals surface area contributed by atoms with Gasteiger partial charge in [0.15, 0.2) is 0 Å². The van der Waals surface area contributed by atoms with Gasteiger partial charge in [0.25, 0.3) is 0 Å². The number of hydrogen-bond acceptors (Lipinski definition) is 3. The van der Waals surface area contributed by atoms with Crippen LogP contribution in [0.4, 0.5) is 4.79 Å². The lowest BCUT2D eigenvalue weighted by molar-refractivity contribution is 0.192. The number of para-hydroxylation sites is 1. The van der Waals surface area contributed by atoms with E-state index in [0.29, 0.717) is 5.75 Å². The van der Waals surface area contributed by atoms with Crippen LogP contribution in [0.2, 0.25) is 0 Å². The first-order chi connectivity index (χ1) is 12.3. The zero-order chi connectivity index (χ0) is 19.2. The molecule has 4 nitrogen and oxygen atoms in total.